The van der Waals surface area contributed by atoms with Crippen LogP contribution in [0.2, 0.25) is 0 Å². The van der Waals surface area contributed by atoms with Gasteiger partial charge in [-0.3, -0.25) is 10.1 Å². The topological polar surface area (TPSA) is 105 Å². The van der Waals surface area contributed by atoms with Crippen LogP contribution < -0.4 is 5.32 Å². The number of hydrogen-bond acceptors (Lipinski definition) is 6. The fourth-order valence-electron chi connectivity index (χ4n) is 3.00. The Balaban J connectivity index is 1.76. The zero-order valence-corrected chi connectivity index (χ0v) is 18.7. The zero-order valence-electron chi connectivity index (χ0n) is 17.9. The second-order valence-electron chi connectivity index (χ2n) is 7.11. The summed E-state index contributed by atoms with van der Waals surface area (Å²) in [5.74, 6) is -0.202. The maximum absolute atomic E-state index is 12.8. The maximum Gasteiger partial charge on any atom is 0.322 e. The van der Waals surface area contributed by atoms with Crippen LogP contribution in [0.5, 0.6) is 0 Å². The highest BCUT2D eigenvalue weighted by Gasteiger charge is 2.23. The molecule has 0 bridgehead atoms. The number of aromatic nitrogens is 2. The highest BCUT2D eigenvalue weighted by Crippen LogP contribution is 2.25. The van der Waals surface area contributed by atoms with Crippen molar-refractivity contribution < 1.29 is 17.6 Å². The largest absolute Gasteiger partial charge is 0.403 e. The summed E-state index contributed by atoms with van der Waals surface area (Å²) in [5, 5.41) is 10.4. The summed E-state index contributed by atoms with van der Waals surface area (Å²) in [6, 6.07) is 11.4. The van der Waals surface area contributed by atoms with Crippen LogP contribution in [0, 0.1) is 13.8 Å². The second-order valence-corrected chi connectivity index (χ2v) is 9.05. The average Bonchev–Trinajstić information content (AvgIpc) is 3.23. The highest BCUT2D eigenvalue weighted by molar-refractivity contribution is 7.89. The Hall–Kier alpha value is -3.56. The van der Waals surface area contributed by atoms with Gasteiger partial charge in [0.2, 0.25) is 15.9 Å². The van der Waals surface area contributed by atoms with Crippen molar-refractivity contribution in [3.05, 3.63) is 84.5 Å². The highest BCUT2D eigenvalue weighted by atomic mass is 32.2. The van der Waals surface area contributed by atoms with Crippen molar-refractivity contribution in [2.24, 2.45) is 0 Å². The minimum atomic E-state index is -3.74. The van der Waals surface area contributed by atoms with Crippen molar-refractivity contribution in [2.45, 2.75) is 18.7 Å². The third kappa shape index (κ3) is 5.01. The monoisotopic (exact) mass is 452 g/mol. The Morgan fingerprint density at radius 1 is 1.06 bits per heavy atom. The molecule has 0 unspecified atom stereocenters. The van der Waals surface area contributed by atoms with Crippen LogP contribution in [0.25, 0.3) is 11.5 Å². The van der Waals surface area contributed by atoms with E-state index < -0.39 is 15.9 Å². The first-order valence-electron chi connectivity index (χ1n) is 9.80. The number of sulfonamides is 1. The molecule has 0 fully saturated rings. The van der Waals surface area contributed by atoms with Crippen LogP contribution in [0.15, 0.2) is 77.1 Å². The summed E-state index contributed by atoms with van der Waals surface area (Å²) in [7, 11) is -3.74. The lowest BCUT2D eigenvalue weighted by molar-refractivity contribution is 0.102. The van der Waals surface area contributed by atoms with Crippen molar-refractivity contribution in [1.82, 2.24) is 14.5 Å². The minimum Gasteiger partial charge on any atom is -0.403 e. The normalized spacial score (nSPS) is 11.3. The molecule has 2 aromatic carbocycles. The summed E-state index contributed by atoms with van der Waals surface area (Å²) in [6.07, 6.45) is 3.00. The predicted octanol–water partition coefficient (Wildman–Crippen LogP) is 3.97. The molecule has 1 aromatic heterocycles. The van der Waals surface area contributed by atoms with Gasteiger partial charge in [0, 0.05) is 24.2 Å². The molecule has 0 radical (unpaired) electrons. The van der Waals surface area contributed by atoms with E-state index >= 15 is 0 Å². The number of carbonyl (C=O) groups excluding carboxylic acids is 1. The predicted molar refractivity (Wildman–Crippen MR) is 123 cm³/mol. The maximum atomic E-state index is 12.8. The Kier molecular flexibility index (Phi) is 7.01. The molecule has 0 spiro atoms. The molecule has 0 saturated carbocycles. The molecule has 32 heavy (non-hydrogen) atoms. The van der Waals surface area contributed by atoms with E-state index in [2.05, 4.69) is 28.7 Å². The first-order chi connectivity index (χ1) is 15.3. The standard InChI is InChI=1S/C23H24N4O4S/c1-5-13-27(14-6-2)32(29,30)19-11-9-18(10-12-19)21(28)24-23-26-25-22(31-23)20-15-16(3)7-8-17(20)4/h5-12,15H,1-2,13-14H2,3-4H3,(H,24,26,28). The van der Waals surface area contributed by atoms with Crippen molar-refractivity contribution in [1.29, 1.82) is 0 Å². The Labute approximate surface area is 187 Å². The number of aryl methyl sites for hydroxylation is 2. The van der Waals surface area contributed by atoms with E-state index in [0.29, 0.717) is 5.89 Å². The van der Waals surface area contributed by atoms with Gasteiger partial charge < -0.3 is 4.42 Å². The van der Waals surface area contributed by atoms with Gasteiger partial charge in [0.1, 0.15) is 0 Å². The van der Waals surface area contributed by atoms with Crippen molar-refractivity contribution in [2.75, 3.05) is 18.4 Å². The molecule has 8 nitrogen and oxygen atoms in total. The van der Waals surface area contributed by atoms with Gasteiger partial charge in [-0.25, -0.2) is 8.42 Å². The molecule has 0 aliphatic rings. The summed E-state index contributed by atoms with van der Waals surface area (Å²) in [5.41, 5.74) is 3.05. The number of nitrogens with one attached hydrogen (secondary N) is 1. The third-order valence-corrected chi connectivity index (χ3v) is 6.53. The first kappa shape index (κ1) is 23.1. The van der Waals surface area contributed by atoms with E-state index in [1.54, 1.807) is 0 Å². The molecule has 1 N–H and O–H groups in total. The van der Waals surface area contributed by atoms with Crippen LogP contribution in [0.4, 0.5) is 6.01 Å². The van der Waals surface area contributed by atoms with Gasteiger partial charge >= 0.3 is 6.01 Å². The minimum absolute atomic E-state index is 0.0502. The summed E-state index contributed by atoms with van der Waals surface area (Å²) >= 11 is 0. The second kappa shape index (κ2) is 9.71. The van der Waals surface area contributed by atoms with Crippen molar-refractivity contribution in [3.63, 3.8) is 0 Å². The van der Waals surface area contributed by atoms with Crippen LogP contribution in [0.1, 0.15) is 21.5 Å². The van der Waals surface area contributed by atoms with Crippen LogP contribution in [-0.4, -0.2) is 41.9 Å². The Morgan fingerprint density at radius 2 is 1.72 bits per heavy atom. The molecular weight excluding hydrogens is 428 g/mol. The molecule has 1 heterocycles. The molecule has 0 saturated heterocycles. The van der Waals surface area contributed by atoms with E-state index in [0.717, 1.165) is 16.7 Å². The van der Waals surface area contributed by atoms with Gasteiger partial charge in [0.15, 0.2) is 0 Å². The Morgan fingerprint density at radius 3 is 2.34 bits per heavy atom. The van der Waals surface area contributed by atoms with Gasteiger partial charge in [-0.2, -0.15) is 4.31 Å². The van der Waals surface area contributed by atoms with Gasteiger partial charge in [-0.05, 0) is 49.7 Å². The number of rotatable bonds is 9. The Bertz CT molecular complexity index is 1240. The molecule has 0 aliphatic carbocycles. The van der Waals surface area contributed by atoms with E-state index in [-0.39, 0.29) is 29.6 Å². The van der Waals surface area contributed by atoms with E-state index in [1.807, 2.05) is 32.0 Å². The molecule has 166 valence electrons. The molecular formula is C23H24N4O4S. The number of benzene rings is 2. The summed E-state index contributed by atoms with van der Waals surface area (Å²) < 4.78 is 32.4. The number of amides is 1. The van der Waals surface area contributed by atoms with E-state index in [4.69, 9.17) is 4.42 Å². The molecule has 0 aliphatic heterocycles. The van der Waals surface area contributed by atoms with Crippen molar-refractivity contribution in [3.8, 4) is 11.5 Å². The van der Waals surface area contributed by atoms with Gasteiger partial charge in [0.25, 0.3) is 5.91 Å². The molecule has 1 amide bonds. The van der Waals surface area contributed by atoms with Gasteiger partial charge in [-0.15, -0.1) is 18.3 Å². The van der Waals surface area contributed by atoms with Gasteiger partial charge in [-0.1, -0.05) is 34.9 Å². The lowest BCUT2D eigenvalue weighted by Gasteiger charge is -2.19. The number of anilines is 1. The zero-order chi connectivity index (χ0) is 23.3. The quantitative estimate of drug-likeness (QED) is 0.493. The molecule has 0 atom stereocenters. The summed E-state index contributed by atoms with van der Waals surface area (Å²) in [4.78, 5) is 12.6. The van der Waals surface area contributed by atoms with Crippen LogP contribution >= 0.6 is 0 Å². The number of nitrogens with zero attached hydrogens (tertiary/aromatic N) is 3. The number of hydrogen-bond donors (Lipinski definition) is 1. The molecule has 3 aromatic rings. The first-order valence-corrected chi connectivity index (χ1v) is 11.2. The molecule has 9 heteroatoms. The molecule has 3 rings (SSSR count). The third-order valence-electron chi connectivity index (χ3n) is 4.69. The van der Waals surface area contributed by atoms with Crippen LogP contribution in [-0.2, 0) is 10.0 Å². The smallest absolute Gasteiger partial charge is 0.322 e. The van der Waals surface area contributed by atoms with Crippen molar-refractivity contribution >= 4 is 21.9 Å². The van der Waals surface area contributed by atoms with Gasteiger partial charge in [0.05, 0.1) is 4.90 Å². The fraction of sp³-hybridized carbons (Fsp3) is 0.174. The SMILES string of the molecule is C=CCN(CC=C)S(=O)(=O)c1ccc(C(=O)Nc2nnc(-c3cc(C)ccc3C)o2)cc1. The van der Waals surface area contributed by atoms with E-state index in [9.17, 15) is 13.2 Å². The average molecular weight is 453 g/mol. The lowest BCUT2D eigenvalue weighted by atomic mass is 10.1. The summed E-state index contributed by atoms with van der Waals surface area (Å²) in [6.45, 7) is 11.4. The fourth-order valence-corrected chi connectivity index (χ4v) is 4.39. The number of carbonyl (C=O) groups is 1. The van der Waals surface area contributed by atoms with Crippen LogP contribution in [0.3, 0.4) is 0 Å². The lowest BCUT2D eigenvalue weighted by Crippen LogP contribution is -2.31. The van der Waals surface area contributed by atoms with E-state index in [1.165, 1.54) is 40.7 Å².